The van der Waals surface area contributed by atoms with Crippen LogP contribution in [-0.4, -0.2) is 57.4 Å². The molecule has 0 aromatic rings. The van der Waals surface area contributed by atoms with Gasteiger partial charge in [-0.15, -0.1) is 0 Å². The molecule has 3 heterocycles. The third-order valence-corrected chi connectivity index (χ3v) is 5.43. The van der Waals surface area contributed by atoms with Crippen LogP contribution in [0.3, 0.4) is 0 Å². The summed E-state index contributed by atoms with van der Waals surface area (Å²) in [7, 11) is 0. The summed E-state index contributed by atoms with van der Waals surface area (Å²) in [5.41, 5.74) is 7.49. The molecule has 132 valence electrons. The molecule has 0 unspecified atom stereocenters. The zero-order valence-electron chi connectivity index (χ0n) is 13.7. The van der Waals surface area contributed by atoms with E-state index < -0.39 is 24.0 Å². The van der Waals surface area contributed by atoms with Crippen LogP contribution in [-0.2, 0) is 9.59 Å². The van der Waals surface area contributed by atoms with Gasteiger partial charge in [-0.05, 0) is 50.5 Å². The van der Waals surface area contributed by atoms with Gasteiger partial charge >= 0.3 is 11.9 Å². The molecule has 1 saturated heterocycles. The number of nitrogens with two attached hydrogens (primary N) is 1. The van der Waals surface area contributed by atoms with Gasteiger partial charge in [0.05, 0.1) is 0 Å². The molecule has 3 rings (SSSR count). The van der Waals surface area contributed by atoms with Gasteiger partial charge in [0.2, 0.25) is 0 Å². The Hall–Kier alpha value is -1.89. The molecule has 7 heteroatoms. The highest BCUT2D eigenvalue weighted by molar-refractivity contribution is 6.04. The van der Waals surface area contributed by atoms with Crippen molar-refractivity contribution < 1.29 is 19.8 Å². The van der Waals surface area contributed by atoms with Gasteiger partial charge in [0.25, 0.3) is 0 Å². The average molecular weight is 335 g/mol. The molecule has 3 aliphatic heterocycles. The van der Waals surface area contributed by atoms with Gasteiger partial charge in [0.15, 0.2) is 0 Å². The lowest BCUT2D eigenvalue weighted by Crippen LogP contribution is -2.50. The van der Waals surface area contributed by atoms with Crippen molar-refractivity contribution in [1.29, 1.82) is 0 Å². The number of carboxylic acid groups (broad SMARTS) is 2. The number of nitrogens with zero attached hydrogens (tertiary/aromatic N) is 2. The number of hydrogen-bond donors (Lipinski definition) is 3. The largest absolute Gasteiger partial charge is 0.480 e. The Morgan fingerprint density at radius 3 is 2.79 bits per heavy atom. The first-order valence-electron chi connectivity index (χ1n) is 8.73. The third-order valence-electron chi connectivity index (χ3n) is 5.43. The van der Waals surface area contributed by atoms with Gasteiger partial charge in [0.1, 0.15) is 12.1 Å². The highest BCUT2D eigenvalue weighted by Gasteiger charge is 2.40. The van der Waals surface area contributed by atoms with Crippen molar-refractivity contribution in [3.63, 3.8) is 0 Å². The number of hydrogen-bond acceptors (Lipinski definition) is 5. The highest BCUT2D eigenvalue weighted by Crippen LogP contribution is 2.38. The number of aliphatic carboxylic acids is 2. The Balaban J connectivity index is 1.86. The molecule has 24 heavy (non-hydrogen) atoms. The number of piperidine rings is 1. The molecular weight excluding hydrogens is 310 g/mol. The highest BCUT2D eigenvalue weighted by atomic mass is 16.4. The fourth-order valence-electron chi connectivity index (χ4n) is 4.14. The van der Waals surface area contributed by atoms with Crippen LogP contribution in [0.1, 0.15) is 44.9 Å². The molecule has 0 aliphatic carbocycles. The molecule has 0 aromatic carbocycles. The Morgan fingerprint density at radius 1 is 1.29 bits per heavy atom. The molecule has 0 radical (unpaired) electrons. The lowest BCUT2D eigenvalue weighted by atomic mass is 9.75. The lowest BCUT2D eigenvalue weighted by Gasteiger charge is -2.46. The van der Waals surface area contributed by atoms with Crippen molar-refractivity contribution in [2.24, 2.45) is 16.6 Å². The average Bonchev–Trinajstić information content (AvgIpc) is 2.58. The van der Waals surface area contributed by atoms with E-state index in [1.165, 1.54) is 6.42 Å². The van der Waals surface area contributed by atoms with E-state index in [1.54, 1.807) is 0 Å². The van der Waals surface area contributed by atoms with Crippen LogP contribution in [0, 0.1) is 5.92 Å². The topological polar surface area (TPSA) is 116 Å². The van der Waals surface area contributed by atoms with Gasteiger partial charge in [-0.3, -0.25) is 9.79 Å². The van der Waals surface area contributed by atoms with Gasteiger partial charge in [-0.25, -0.2) is 4.79 Å². The first-order chi connectivity index (χ1) is 11.5. The van der Waals surface area contributed by atoms with E-state index in [-0.39, 0.29) is 5.92 Å². The Labute approximate surface area is 141 Å². The molecule has 7 nitrogen and oxygen atoms in total. The first-order valence-corrected chi connectivity index (χ1v) is 8.73. The van der Waals surface area contributed by atoms with Crippen LogP contribution >= 0.6 is 0 Å². The summed E-state index contributed by atoms with van der Waals surface area (Å²) in [5, 5.41) is 18.3. The maximum absolute atomic E-state index is 11.3. The summed E-state index contributed by atoms with van der Waals surface area (Å²) < 4.78 is 0. The summed E-state index contributed by atoms with van der Waals surface area (Å²) in [6.45, 7) is 1.01. The van der Waals surface area contributed by atoms with Crippen LogP contribution in [0.25, 0.3) is 0 Å². The quantitative estimate of drug-likeness (QED) is 0.696. The van der Waals surface area contributed by atoms with Gasteiger partial charge < -0.3 is 20.8 Å². The fourth-order valence-corrected chi connectivity index (χ4v) is 4.14. The number of carbonyl (C=O) groups is 2. The van der Waals surface area contributed by atoms with Gasteiger partial charge in [-0.1, -0.05) is 0 Å². The van der Waals surface area contributed by atoms with Crippen molar-refractivity contribution in [3.8, 4) is 0 Å². The van der Waals surface area contributed by atoms with Crippen LogP contribution < -0.4 is 5.73 Å². The molecule has 0 aromatic heterocycles. The molecule has 3 aliphatic rings. The van der Waals surface area contributed by atoms with Crippen LogP contribution in [0.2, 0.25) is 0 Å². The monoisotopic (exact) mass is 335 g/mol. The van der Waals surface area contributed by atoms with Crippen LogP contribution in [0.4, 0.5) is 0 Å². The smallest absolute Gasteiger partial charge is 0.328 e. The van der Waals surface area contributed by atoms with Crippen LogP contribution in [0.5, 0.6) is 0 Å². The maximum Gasteiger partial charge on any atom is 0.328 e. The predicted octanol–water partition coefficient (Wildman–Crippen LogP) is 1.23. The standard InChI is InChI=1S/C17H25N3O4/c18-12(16(21)22)6-4-10-9-20-8-2-1-3-14(20)11-5-7-13(17(23)24)19-15(10)11/h9,11-14H,1-8,18H2,(H,21,22)(H,23,24)/t11-,12+,13-,14-/m1/s1. The number of aliphatic imine (C=N–C) groups is 1. The molecular formula is C17H25N3O4. The molecule has 0 bridgehead atoms. The molecule has 1 fully saturated rings. The zero-order chi connectivity index (χ0) is 17.3. The van der Waals surface area contributed by atoms with E-state index in [4.69, 9.17) is 10.8 Å². The third kappa shape index (κ3) is 3.31. The van der Waals surface area contributed by atoms with E-state index in [1.807, 2.05) is 0 Å². The minimum absolute atomic E-state index is 0.266. The Kier molecular flexibility index (Phi) is 4.89. The zero-order valence-corrected chi connectivity index (χ0v) is 13.7. The van der Waals surface area contributed by atoms with E-state index in [2.05, 4.69) is 16.1 Å². The second-order valence-electron chi connectivity index (χ2n) is 6.99. The van der Waals surface area contributed by atoms with Gasteiger partial charge in [0, 0.05) is 30.4 Å². The summed E-state index contributed by atoms with van der Waals surface area (Å²) in [4.78, 5) is 29.2. The molecule has 4 N–H and O–H groups in total. The molecule has 0 saturated carbocycles. The Morgan fingerprint density at radius 2 is 2.08 bits per heavy atom. The van der Waals surface area contributed by atoms with Crippen molar-refractivity contribution in [2.75, 3.05) is 6.54 Å². The number of rotatable bonds is 5. The normalized spacial score (nSPS) is 30.5. The minimum Gasteiger partial charge on any atom is -0.480 e. The second kappa shape index (κ2) is 6.93. The summed E-state index contributed by atoms with van der Waals surface area (Å²) in [6, 6.07) is -1.17. The van der Waals surface area contributed by atoms with Crippen molar-refractivity contribution in [1.82, 2.24) is 4.90 Å². The summed E-state index contributed by atoms with van der Waals surface area (Å²) in [6.07, 6.45) is 7.82. The SMILES string of the molecule is N[C@@H](CCC1=CN2CCCC[C@@H]2[C@H]2CC[C@H](C(=O)O)N=C12)C(=O)O. The van der Waals surface area contributed by atoms with E-state index in [9.17, 15) is 14.7 Å². The second-order valence-corrected chi connectivity index (χ2v) is 6.99. The first kappa shape index (κ1) is 17.0. The number of allylic oxidation sites excluding steroid dienone is 1. The predicted molar refractivity (Wildman–Crippen MR) is 88.9 cm³/mol. The van der Waals surface area contributed by atoms with Crippen molar-refractivity contribution in [3.05, 3.63) is 11.8 Å². The molecule has 0 spiro atoms. The summed E-state index contributed by atoms with van der Waals surface area (Å²) >= 11 is 0. The lowest BCUT2D eigenvalue weighted by molar-refractivity contribution is -0.139. The number of fused-ring (bicyclic) bond motifs is 3. The fraction of sp³-hybridized carbons (Fsp3) is 0.706. The molecule has 4 atom stereocenters. The maximum atomic E-state index is 11.3. The van der Waals surface area contributed by atoms with Crippen LogP contribution in [0.15, 0.2) is 16.8 Å². The molecule has 0 amide bonds. The van der Waals surface area contributed by atoms with Gasteiger partial charge in [-0.2, -0.15) is 0 Å². The van der Waals surface area contributed by atoms with Crippen molar-refractivity contribution >= 4 is 17.7 Å². The minimum atomic E-state index is -1.01. The van der Waals surface area contributed by atoms with E-state index in [0.717, 1.165) is 37.1 Å². The number of carboxylic acids is 2. The van der Waals surface area contributed by atoms with E-state index in [0.29, 0.717) is 25.3 Å². The Bertz CT molecular complexity index is 586. The van der Waals surface area contributed by atoms with E-state index >= 15 is 0 Å². The van der Waals surface area contributed by atoms with Crippen molar-refractivity contribution in [2.45, 2.75) is 63.1 Å². The summed E-state index contributed by atoms with van der Waals surface area (Å²) in [5.74, 6) is -1.62.